The van der Waals surface area contributed by atoms with Crippen LogP contribution in [0, 0.1) is 11.8 Å². The molecule has 1 aliphatic rings. The Hall–Kier alpha value is -1.88. The Bertz CT molecular complexity index is 636. The van der Waals surface area contributed by atoms with Crippen molar-refractivity contribution in [2.75, 3.05) is 6.61 Å². The van der Waals surface area contributed by atoms with Crippen molar-refractivity contribution in [3.05, 3.63) is 32.6 Å². The number of hydrogen-bond donors (Lipinski definition) is 3. The quantitative estimate of drug-likeness (QED) is 0.568. The molecule has 19 heavy (non-hydrogen) atoms. The van der Waals surface area contributed by atoms with Crippen LogP contribution in [0.4, 0.5) is 0 Å². The number of ether oxygens (including phenoxy) is 1. The van der Waals surface area contributed by atoms with E-state index in [0.29, 0.717) is 0 Å². The lowest BCUT2D eigenvalue weighted by molar-refractivity contribution is -0.0459. The number of rotatable bonds is 2. The molecule has 1 aromatic heterocycles. The SMILES string of the molecule is CC#Cc1cn([C@@H]2CC(O)[C@H](CO)O2)c(=O)[nH]c1=O. The highest BCUT2D eigenvalue weighted by molar-refractivity contribution is 5.28. The molecule has 3 atom stereocenters. The molecule has 2 heterocycles. The van der Waals surface area contributed by atoms with Gasteiger partial charge in [0.2, 0.25) is 0 Å². The molecule has 0 saturated carbocycles. The summed E-state index contributed by atoms with van der Waals surface area (Å²) in [7, 11) is 0. The maximum Gasteiger partial charge on any atom is 0.330 e. The van der Waals surface area contributed by atoms with Crippen LogP contribution in [-0.2, 0) is 4.74 Å². The molecule has 0 spiro atoms. The molecule has 1 saturated heterocycles. The van der Waals surface area contributed by atoms with Crippen LogP contribution in [0.15, 0.2) is 15.8 Å². The second kappa shape index (κ2) is 5.40. The number of nitrogens with one attached hydrogen (secondary N) is 1. The fraction of sp³-hybridized carbons (Fsp3) is 0.500. The van der Waals surface area contributed by atoms with Crippen LogP contribution in [0.5, 0.6) is 0 Å². The molecule has 0 aliphatic carbocycles. The molecule has 2 rings (SSSR count). The number of aromatic amines is 1. The summed E-state index contributed by atoms with van der Waals surface area (Å²) in [5.41, 5.74) is -1.05. The van der Waals surface area contributed by atoms with Gasteiger partial charge in [-0.15, -0.1) is 5.92 Å². The van der Waals surface area contributed by atoms with Crippen LogP contribution in [0.1, 0.15) is 25.1 Å². The summed E-state index contributed by atoms with van der Waals surface area (Å²) in [5.74, 6) is 5.16. The van der Waals surface area contributed by atoms with Crippen molar-refractivity contribution in [3.63, 3.8) is 0 Å². The van der Waals surface area contributed by atoms with E-state index in [9.17, 15) is 14.7 Å². The second-order valence-corrected chi connectivity index (χ2v) is 4.20. The minimum Gasteiger partial charge on any atom is -0.394 e. The van der Waals surface area contributed by atoms with Gasteiger partial charge in [0.15, 0.2) is 0 Å². The molecular formula is C12H14N2O5. The molecule has 1 fully saturated rings. The van der Waals surface area contributed by atoms with E-state index >= 15 is 0 Å². The number of aliphatic hydroxyl groups excluding tert-OH is 2. The molecule has 0 bridgehead atoms. The minimum atomic E-state index is -0.852. The molecule has 1 aromatic rings. The average molecular weight is 266 g/mol. The molecular weight excluding hydrogens is 252 g/mol. The highest BCUT2D eigenvalue weighted by Crippen LogP contribution is 2.27. The Morgan fingerprint density at radius 1 is 1.58 bits per heavy atom. The zero-order valence-corrected chi connectivity index (χ0v) is 10.3. The Labute approximate surface area is 108 Å². The molecule has 0 aromatic carbocycles. The molecule has 0 radical (unpaired) electrons. The van der Waals surface area contributed by atoms with Crippen molar-refractivity contribution < 1.29 is 14.9 Å². The van der Waals surface area contributed by atoms with Crippen molar-refractivity contribution in [2.45, 2.75) is 31.8 Å². The van der Waals surface area contributed by atoms with Crippen molar-refractivity contribution in [3.8, 4) is 11.8 Å². The lowest BCUT2D eigenvalue weighted by Crippen LogP contribution is -2.33. The van der Waals surface area contributed by atoms with Gasteiger partial charge < -0.3 is 14.9 Å². The number of nitrogens with zero attached hydrogens (tertiary/aromatic N) is 1. The standard InChI is InChI=1S/C12H14N2O5/c1-2-3-7-5-14(12(18)13-11(7)17)10-4-8(16)9(6-15)19-10/h5,8-10,15-16H,4,6H2,1H3,(H,13,17,18)/t8?,9-,10-/m0/s1. The van der Waals surface area contributed by atoms with E-state index in [1.165, 1.54) is 10.8 Å². The first-order valence-electron chi connectivity index (χ1n) is 5.79. The molecule has 1 aliphatic heterocycles. The van der Waals surface area contributed by atoms with Gasteiger partial charge in [-0.05, 0) is 6.92 Å². The third-order valence-corrected chi connectivity index (χ3v) is 2.92. The fourth-order valence-electron chi connectivity index (χ4n) is 1.97. The smallest absolute Gasteiger partial charge is 0.330 e. The summed E-state index contributed by atoms with van der Waals surface area (Å²) in [6.45, 7) is 1.24. The van der Waals surface area contributed by atoms with Crippen molar-refractivity contribution in [2.24, 2.45) is 0 Å². The topological polar surface area (TPSA) is 105 Å². The first-order valence-corrected chi connectivity index (χ1v) is 5.79. The number of H-pyrrole nitrogens is 1. The first-order chi connectivity index (χ1) is 9.06. The van der Waals surface area contributed by atoms with Crippen LogP contribution in [0.25, 0.3) is 0 Å². The summed E-state index contributed by atoms with van der Waals surface area (Å²) in [5, 5.41) is 18.6. The zero-order chi connectivity index (χ0) is 14.0. The monoisotopic (exact) mass is 266 g/mol. The highest BCUT2D eigenvalue weighted by atomic mass is 16.5. The number of hydrogen-bond acceptors (Lipinski definition) is 5. The molecule has 3 N–H and O–H groups in total. The summed E-state index contributed by atoms with van der Waals surface area (Å²) in [6.07, 6.45) is -0.849. The van der Waals surface area contributed by atoms with Crippen molar-refractivity contribution in [1.82, 2.24) is 9.55 Å². The molecule has 0 amide bonds. The Morgan fingerprint density at radius 3 is 2.89 bits per heavy atom. The largest absolute Gasteiger partial charge is 0.394 e. The van der Waals surface area contributed by atoms with E-state index in [1.54, 1.807) is 6.92 Å². The van der Waals surface area contributed by atoms with Gasteiger partial charge in [0, 0.05) is 12.6 Å². The molecule has 102 valence electrons. The van der Waals surface area contributed by atoms with E-state index in [0.717, 1.165) is 0 Å². The average Bonchev–Trinajstić information content (AvgIpc) is 2.74. The predicted octanol–water partition coefficient (Wildman–Crippen LogP) is -1.45. The predicted molar refractivity (Wildman–Crippen MR) is 65.5 cm³/mol. The number of aliphatic hydroxyl groups is 2. The van der Waals surface area contributed by atoms with Gasteiger partial charge in [-0.2, -0.15) is 0 Å². The van der Waals surface area contributed by atoms with Crippen molar-refractivity contribution in [1.29, 1.82) is 0 Å². The second-order valence-electron chi connectivity index (χ2n) is 4.20. The normalized spacial score (nSPS) is 25.9. The third kappa shape index (κ3) is 2.61. The van der Waals surface area contributed by atoms with Gasteiger partial charge in [-0.1, -0.05) is 5.92 Å². The van der Waals surface area contributed by atoms with Crippen LogP contribution < -0.4 is 11.2 Å². The van der Waals surface area contributed by atoms with Gasteiger partial charge >= 0.3 is 5.69 Å². The van der Waals surface area contributed by atoms with Crippen LogP contribution >= 0.6 is 0 Å². The van der Waals surface area contributed by atoms with Gasteiger partial charge in [0.1, 0.15) is 17.9 Å². The highest BCUT2D eigenvalue weighted by Gasteiger charge is 2.35. The van der Waals surface area contributed by atoms with Gasteiger partial charge in [-0.3, -0.25) is 14.3 Å². The van der Waals surface area contributed by atoms with Crippen LogP contribution in [0.2, 0.25) is 0 Å². The maximum atomic E-state index is 11.7. The molecule has 1 unspecified atom stereocenters. The summed E-state index contributed by atoms with van der Waals surface area (Å²) >= 11 is 0. The van der Waals surface area contributed by atoms with E-state index in [4.69, 9.17) is 9.84 Å². The van der Waals surface area contributed by atoms with Gasteiger partial charge in [0.05, 0.1) is 12.7 Å². The first kappa shape index (κ1) is 13.5. The van der Waals surface area contributed by atoms with E-state index in [-0.39, 0.29) is 18.6 Å². The fourth-order valence-corrected chi connectivity index (χ4v) is 1.97. The van der Waals surface area contributed by atoms with E-state index in [2.05, 4.69) is 16.8 Å². The maximum absolute atomic E-state index is 11.7. The molecule has 7 nitrogen and oxygen atoms in total. The lowest BCUT2D eigenvalue weighted by atomic mass is 10.2. The lowest BCUT2D eigenvalue weighted by Gasteiger charge is -2.14. The van der Waals surface area contributed by atoms with E-state index in [1.807, 2.05) is 0 Å². The third-order valence-electron chi connectivity index (χ3n) is 2.92. The minimum absolute atomic E-state index is 0.146. The van der Waals surface area contributed by atoms with Crippen molar-refractivity contribution >= 4 is 0 Å². The number of aromatic nitrogens is 2. The van der Waals surface area contributed by atoms with E-state index < -0.39 is 29.7 Å². The Balaban J connectivity index is 2.40. The van der Waals surface area contributed by atoms with Gasteiger partial charge in [-0.25, -0.2) is 4.79 Å². The Morgan fingerprint density at radius 2 is 2.32 bits per heavy atom. The van der Waals surface area contributed by atoms with Crippen LogP contribution in [-0.4, -0.2) is 38.6 Å². The van der Waals surface area contributed by atoms with Crippen LogP contribution in [0.3, 0.4) is 0 Å². The zero-order valence-electron chi connectivity index (χ0n) is 10.3. The molecule has 7 heteroatoms. The summed E-state index contributed by atoms with van der Waals surface area (Å²) in [6, 6.07) is 0. The summed E-state index contributed by atoms with van der Waals surface area (Å²) < 4.78 is 6.52. The Kier molecular flexibility index (Phi) is 3.85. The van der Waals surface area contributed by atoms with Gasteiger partial charge in [0.25, 0.3) is 5.56 Å². The summed E-state index contributed by atoms with van der Waals surface area (Å²) in [4.78, 5) is 25.3.